The molecule has 0 saturated heterocycles. The highest BCUT2D eigenvalue weighted by atomic mass is 35.5. The van der Waals surface area contributed by atoms with Crippen LogP contribution in [0.5, 0.6) is 5.75 Å². The molecule has 0 fully saturated rings. The maximum Gasteiger partial charge on any atom is 0.262 e. The van der Waals surface area contributed by atoms with Crippen LogP contribution in [0.2, 0.25) is 10.0 Å². The molecule has 0 unspecified atom stereocenters. The molecular formula is C27H28Cl2N4O3. The lowest BCUT2D eigenvalue weighted by molar-refractivity contribution is -0.132. The van der Waals surface area contributed by atoms with Gasteiger partial charge in [-0.2, -0.15) is 5.10 Å². The number of halogens is 2. The van der Waals surface area contributed by atoms with Gasteiger partial charge in [0.2, 0.25) is 0 Å². The molecule has 188 valence electrons. The number of benzene rings is 3. The summed E-state index contributed by atoms with van der Waals surface area (Å²) in [5, 5.41) is 7.57. The fourth-order valence-electron chi connectivity index (χ4n) is 3.27. The van der Waals surface area contributed by atoms with Gasteiger partial charge in [-0.15, -0.1) is 0 Å². The van der Waals surface area contributed by atoms with Crippen molar-refractivity contribution < 1.29 is 14.3 Å². The molecule has 0 spiro atoms. The van der Waals surface area contributed by atoms with Gasteiger partial charge < -0.3 is 15.0 Å². The zero-order valence-electron chi connectivity index (χ0n) is 20.2. The third-order valence-electron chi connectivity index (χ3n) is 5.28. The Bertz CT molecular complexity index is 1200. The number of carbonyl (C=O) groups is 2. The number of hydrogen-bond donors (Lipinski definition) is 2. The Balaban J connectivity index is 1.67. The van der Waals surface area contributed by atoms with E-state index in [4.69, 9.17) is 27.9 Å². The Hall–Kier alpha value is -3.55. The maximum absolute atomic E-state index is 13.0. The summed E-state index contributed by atoms with van der Waals surface area (Å²) < 4.78 is 5.69. The number of carbonyl (C=O) groups excluding carboxylic acids is 2. The Kier molecular flexibility index (Phi) is 9.73. The molecule has 0 radical (unpaired) electrons. The summed E-state index contributed by atoms with van der Waals surface area (Å²) in [6, 6.07) is 21.0. The van der Waals surface area contributed by atoms with Crippen LogP contribution in [0.3, 0.4) is 0 Å². The van der Waals surface area contributed by atoms with Crippen LogP contribution < -0.4 is 20.4 Å². The molecule has 3 rings (SSSR count). The monoisotopic (exact) mass is 526 g/mol. The second-order valence-electron chi connectivity index (χ2n) is 8.31. The van der Waals surface area contributed by atoms with Crippen molar-refractivity contribution in [3.8, 4) is 5.75 Å². The number of rotatable bonds is 10. The number of nitrogens with one attached hydrogen (secondary N) is 2. The first-order chi connectivity index (χ1) is 17.2. The molecule has 2 atom stereocenters. The Labute approximate surface area is 221 Å². The minimum absolute atomic E-state index is 0.278. The summed E-state index contributed by atoms with van der Waals surface area (Å²) in [6.45, 7) is 1.58. The van der Waals surface area contributed by atoms with Crippen LogP contribution in [0.4, 0.5) is 5.69 Å². The standard InChI is InChI=1S/C27H28Cl2N4O3/c1-18(36-25-14-11-21(28)16-23(25)29)26(34)31-24(15-19-7-5-4-6-8-19)27(35)32-30-17-20-9-12-22(13-10-20)33(2)3/h4-14,16-18,24H,15H2,1-3H3,(H,31,34)(H,32,35)/b30-17-/t18-,24-/m0/s1. The van der Waals surface area contributed by atoms with Crippen LogP contribution in [0, 0.1) is 0 Å². The van der Waals surface area contributed by atoms with E-state index >= 15 is 0 Å². The molecule has 0 heterocycles. The second kappa shape index (κ2) is 13.0. The highest BCUT2D eigenvalue weighted by molar-refractivity contribution is 6.35. The molecule has 0 aromatic heterocycles. The first-order valence-electron chi connectivity index (χ1n) is 11.3. The molecule has 2 N–H and O–H groups in total. The molecule has 3 aromatic rings. The van der Waals surface area contributed by atoms with Crippen LogP contribution in [0.25, 0.3) is 0 Å². The van der Waals surface area contributed by atoms with E-state index in [1.54, 1.807) is 25.3 Å². The van der Waals surface area contributed by atoms with E-state index in [0.717, 1.165) is 16.8 Å². The van der Waals surface area contributed by atoms with Gasteiger partial charge in [0.1, 0.15) is 11.8 Å². The van der Waals surface area contributed by atoms with Crippen LogP contribution in [-0.2, 0) is 16.0 Å². The van der Waals surface area contributed by atoms with Crippen molar-refractivity contribution in [2.75, 3.05) is 19.0 Å². The van der Waals surface area contributed by atoms with E-state index in [1.165, 1.54) is 6.07 Å². The average Bonchev–Trinajstić information content (AvgIpc) is 2.86. The van der Waals surface area contributed by atoms with Gasteiger partial charge in [-0.3, -0.25) is 9.59 Å². The lowest BCUT2D eigenvalue weighted by Gasteiger charge is -2.21. The third kappa shape index (κ3) is 8.00. The van der Waals surface area contributed by atoms with Crippen molar-refractivity contribution in [1.82, 2.24) is 10.7 Å². The summed E-state index contributed by atoms with van der Waals surface area (Å²) in [6.07, 6.45) is 0.917. The zero-order chi connectivity index (χ0) is 26.1. The molecule has 3 aromatic carbocycles. The molecule has 0 bridgehead atoms. The van der Waals surface area contributed by atoms with Crippen LogP contribution in [0.1, 0.15) is 18.1 Å². The number of nitrogens with zero attached hydrogens (tertiary/aromatic N) is 2. The van der Waals surface area contributed by atoms with Gasteiger partial charge in [0.25, 0.3) is 11.8 Å². The van der Waals surface area contributed by atoms with Gasteiger partial charge in [-0.05, 0) is 48.4 Å². The summed E-state index contributed by atoms with van der Waals surface area (Å²) in [4.78, 5) is 27.8. The Morgan fingerprint density at radius 1 is 1.00 bits per heavy atom. The predicted molar refractivity (Wildman–Crippen MR) is 145 cm³/mol. The fraction of sp³-hybridized carbons (Fsp3) is 0.222. The van der Waals surface area contributed by atoms with Crippen LogP contribution >= 0.6 is 23.2 Å². The van der Waals surface area contributed by atoms with Gasteiger partial charge >= 0.3 is 0 Å². The van der Waals surface area contributed by atoms with Gasteiger partial charge in [-0.25, -0.2) is 5.43 Å². The van der Waals surface area contributed by atoms with E-state index < -0.39 is 24.0 Å². The summed E-state index contributed by atoms with van der Waals surface area (Å²) in [7, 11) is 3.92. The minimum Gasteiger partial charge on any atom is -0.479 e. The van der Waals surface area contributed by atoms with Gasteiger partial charge in [0.15, 0.2) is 6.10 Å². The van der Waals surface area contributed by atoms with Crippen molar-refractivity contribution >= 4 is 46.9 Å². The molecule has 0 aliphatic heterocycles. The first kappa shape index (κ1) is 27.0. The van der Waals surface area contributed by atoms with Crippen LogP contribution in [0.15, 0.2) is 77.9 Å². The molecule has 7 nitrogen and oxygen atoms in total. The molecule has 0 saturated carbocycles. The number of ether oxygens (including phenoxy) is 1. The number of anilines is 1. The normalized spacial score (nSPS) is 12.6. The van der Waals surface area contributed by atoms with E-state index in [9.17, 15) is 9.59 Å². The van der Waals surface area contributed by atoms with Gasteiger partial charge in [0.05, 0.1) is 11.2 Å². The topological polar surface area (TPSA) is 83.0 Å². The molecule has 36 heavy (non-hydrogen) atoms. The van der Waals surface area contributed by atoms with Crippen molar-refractivity contribution in [1.29, 1.82) is 0 Å². The SMILES string of the molecule is C[C@H](Oc1ccc(Cl)cc1Cl)C(=O)N[C@@H](Cc1ccccc1)C(=O)N/N=C\c1ccc(N(C)C)cc1. The van der Waals surface area contributed by atoms with Gasteiger partial charge in [-0.1, -0.05) is 65.7 Å². The Morgan fingerprint density at radius 2 is 1.69 bits per heavy atom. The third-order valence-corrected chi connectivity index (χ3v) is 5.81. The number of amides is 2. The van der Waals surface area contributed by atoms with E-state index in [-0.39, 0.29) is 11.4 Å². The molecular weight excluding hydrogens is 499 g/mol. The first-order valence-corrected chi connectivity index (χ1v) is 12.0. The average molecular weight is 527 g/mol. The van der Waals surface area contributed by atoms with Crippen molar-refractivity contribution in [2.45, 2.75) is 25.5 Å². The second-order valence-corrected chi connectivity index (χ2v) is 9.15. The smallest absolute Gasteiger partial charge is 0.262 e. The lowest BCUT2D eigenvalue weighted by Crippen LogP contribution is -2.50. The maximum atomic E-state index is 13.0. The quantitative estimate of drug-likeness (QED) is 0.296. The van der Waals surface area contributed by atoms with Crippen molar-refractivity contribution in [3.05, 3.63) is 94.0 Å². The van der Waals surface area contributed by atoms with Gasteiger partial charge in [0, 0.05) is 31.2 Å². The molecule has 9 heteroatoms. The van der Waals surface area contributed by atoms with E-state index in [1.807, 2.05) is 73.6 Å². The van der Waals surface area contributed by atoms with Crippen molar-refractivity contribution in [3.63, 3.8) is 0 Å². The van der Waals surface area contributed by atoms with Crippen molar-refractivity contribution in [2.24, 2.45) is 5.10 Å². The molecule has 0 aliphatic carbocycles. The molecule has 0 aliphatic rings. The lowest BCUT2D eigenvalue weighted by atomic mass is 10.1. The predicted octanol–water partition coefficient (Wildman–Crippen LogP) is 4.70. The number of hydrazone groups is 1. The zero-order valence-corrected chi connectivity index (χ0v) is 21.8. The summed E-state index contributed by atoms with van der Waals surface area (Å²) in [5.41, 5.74) is 5.29. The highest BCUT2D eigenvalue weighted by Gasteiger charge is 2.25. The van der Waals surface area contributed by atoms with E-state index in [0.29, 0.717) is 10.8 Å². The van der Waals surface area contributed by atoms with E-state index in [2.05, 4.69) is 15.8 Å². The largest absolute Gasteiger partial charge is 0.479 e. The number of hydrogen-bond acceptors (Lipinski definition) is 5. The molecule has 2 amide bonds. The minimum atomic E-state index is -0.909. The summed E-state index contributed by atoms with van der Waals surface area (Å²) >= 11 is 12.1. The highest BCUT2D eigenvalue weighted by Crippen LogP contribution is 2.28. The summed E-state index contributed by atoms with van der Waals surface area (Å²) in [5.74, 6) is -0.608. The Morgan fingerprint density at radius 3 is 2.33 bits per heavy atom. The fourth-order valence-corrected chi connectivity index (χ4v) is 3.72. The van der Waals surface area contributed by atoms with Crippen LogP contribution in [-0.4, -0.2) is 44.3 Å².